The van der Waals surface area contributed by atoms with E-state index in [9.17, 15) is 4.79 Å². The van der Waals surface area contributed by atoms with E-state index in [0.717, 1.165) is 31.5 Å². The van der Waals surface area contributed by atoms with Gasteiger partial charge in [0.05, 0.1) is 5.92 Å². The number of carbonyl (C=O) groups excluding carboxylic acids is 1. The highest BCUT2D eigenvalue weighted by Crippen LogP contribution is 2.35. The minimum absolute atomic E-state index is 0.122. The monoisotopic (exact) mass is 258 g/mol. The van der Waals surface area contributed by atoms with Gasteiger partial charge in [-0.05, 0) is 49.9 Å². The summed E-state index contributed by atoms with van der Waals surface area (Å²) in [5, 5.41) is 0. The lowest BCUT2D eigenvalue weighted by Gasteiger charge is -2.41. The van der Waals surface area contributed by atoms with E-state index < -0.39 is 0 Å². The first-order valence-corrected chi connectivity index (χ1v) is 7.38. The van der Waals surface area contributed by atoms with E-state index >= 15 is 0 Å². The van der Waals surface area contributed by atoms with Crippen molar-refractivity contribution in [3.63, 3.8) is 0 Å². The molecular weight excluding hydrogens is 236 g/mol. The molecule has 1 aromatic carbocycles. The largest absolute Gasteiger partial charge is 0.369 e. The number of nitrogens with two attached hydrogens (primary N) is 1. The predicted molar refractivity (Wildman–Crippen MR) is 75.9 cm³/mol. The van der Waals surface area contributed by atoms with Crippen LogP contribution >= 0.6 is 0 Å². The van der Waals surface area contributed by atoms with Gasteiger partial charge in [0.2, 0.25) is 5.91 Å². The average molecular weight is 258 g/mol. The number of amides is 1. The fourth-order valence-electron chi connectivity index (χ4n) is 3.73. The Morgan fingerprint density at radius 1 is 1.16 bits per heavy atom. The van der Waals surface area contributed by atoms with Crippen molar-refractivity contribution in [2.75, 3.05) is 13.1 Å². The number of hydrogen-bond donors (Lipinski definition) is 1. The lowest BCUT2D eigenvalue weighted by Crippen LogP contribution is -2.48. The van der Waals surface area contributed by atoms with Crippen LogP contribution in [0.4, 0.5) is 0 Å². The van der Waals surface area contributed by atoms with Crippen molar-refractivity contribution in [2.24, 2.45) is 5.73 Å². The molecule has 0 aromatic heterocycles. The van der Waals surface area contributed by atoms with E-state index in [0.29, 0.717) is 6.04 Å². The number of aryl methyl sites for hydroxylation is 1. The van der Waals surface area contributed by atoms with Crippen molar-refractivity contribution in [3.8, 4) is 0 Å². The maximum atomic E-state index is 12.0. The molecule has 0 radical (unpaired) electrons. The number of fused-ring (bicyclic) bond motifs is 1. The summed E-state index contributed by atoms with van der Waals surface area (Å²) in [6.45, 7) is 2.24. The smallest absolute Gasteiger partial charge is 0.226 e. The van der Waals surface area contributed by atoms with Gasteiger partial charge in [0.1, 0.15) is 0 Å². The number of piperidine rings is 1. The van der Waals surface area contributed by atoms with E-state index in [1.165, 1.54) is 24.8 Å². The van der Waals surface area contributed by atoms with E-state index in [1.807, 2.05) is 6.07 Å². The predicted octanol–water partition coefficient (Wildman–Crippen LogP) is 2.06. The molecular formula is C16H22N2O. The Balaban J connectivity index is 1.91. The lowest BCUT2D eigenvalue weighted by molar-refractivity contribution is -0.121. The van der Waals surface area contributed by atoms with Gasteiger partial charge in [-0.15, -0.1) is 0 Å². The lowest BCUT2D eigenvalue weighted by atomic mass is 9.77. The molecule has 0 bridgehead atoms. The van der Waals surface area contributed by atoms with Gasteiger partial charge >= 0.3 is 0 Å². The zero-order valence-electron chi connectivity index (χ0n) is 11.3. The summed E-state index contributed by atoms with van der Waals surface area (Å²) in [7, 11) is 0. The number of nitrogens with zero attached hydrogens (tertiary/aromatic N) is 1. The van der Waals surface area contributed by atoms with E-state index in [1.54, 1.807) is 0 Å². The van der Waals surface area contributed by atoms with Crippen LogP contribution in [0.2, 0.25) is 0 Å². The third-order valence-electron chi connectivity index (χ3n) is 4.65. The van der Waals surface area contributed by atoms with Crippen molar-refractivity contribution in [2.45, 2.75) is 44.1 Å². The van der Waals surface area contributed by atoms with Crippen molar-refractivity contribution >= 4 is 5.91 Å². The fourth-order valence-corrected chi connectivity index (χ4v) is 3.73. The van der Waals surface area contributed by atoms with Crippen molar-refractivity contribution in [3.05, 3.63) is 35.4 Å². The van der Waals surface area contributed by atoms with Gasteiger partial charge in [-0.3, -0.25) is 9.69 Å². The molecule has 1 aliphatic carbocycles. The normalized spacial score (nSPS) is 27.8. The summed E-state index contributed by atoms with van der Waals surface area (Å²) >= 11 is 0. The average Bonchev–Trinajstić information content (AvgIpc) is 2.46. The van der Waals surface area contributed by atoms with Gasteiger partial charge in [-0.1, -0.05) is 30.7 Å². The topological polar surface area (TPSA) is 46.3 Å². The number of primary amides is 1. The SMILES string of the molecule is NC(=O)C1c2ccccc2CCC1N1CCCCC1. The number of likely N-dealkylation sites (tertiary alicyclic amines) is 1. The quantitative estimate of drug-likeness (QED) is 0.882. The third kappa shape index (κ3) is 2.39. The Hall–Kier alpha value is -1.35. The van der Waals surface area contributed by atoms with Crippen LogP contribution < -0.4 is 5.73 Å². The minimum Gasteiger partial charge on any atom is -0.369 e. The Morgan fingerprint density at radius 3 is 2.63 bits per heavy atom. The van der Waals surface area contributed by atoms with Gasteiger partial charge < -0.3 is 5.73 Å². The van der Waals surface area contributed by atoms with Crippen molar-refractivity contribution in [1.82, 2.24) is 4.90 Å². The van der Waals surface area contributed by atoms with Gasteiger partial charge in [0, 0.05) is 6.04 Å². The Kier molecular flexibility index (Phi) is 3.56. The molecule has 1 saturated heterocycles. The van der Waals surface area contributed by atoms with Crippen LogP contribution in [0.25, 0.3) is 0 Å². The maximum absolute atomic E-state index is 12.0. The third-order valence-corrected chi connectivity index (χ3v) is 4.65. The zero-order chi connectivity index (χ0) is 13.2. The van der Waals surface area contributed by atoms with E-state index in [-0.39, 0.29) is 11.8 Å². The van der Waals surface area contributed by atoms with Crippen LogP contribution in [0.15, 0.2) is 24.3 Å². The molecule has 1 fully saturated rings. The van der Waals surface area contributed by atoms with Crippen LogP contribution in [-0.4, -0.2) is 29.9 Å². The minimum atomic E-state index is -0.164. The molecule has 2 aliphatic rings. The summed E-state index contributed by atoms with van der Waals surface area (Å²) < 4.78 is 0. The molecule has 1 aliphatic heterocycles. The molecule has 1 aromatic rings. The first-order valence-electron chi connectivity index (χ1n) is 7.38. The molecule has 0 saturated carbocycles. The molecule has 2 N–H and O–H groups in total. The Morgan fingerprint density at radius 2 is 1.89 bits per heavy atom. The second-order valence-corrected chi connectivity index (χ2v) is 5.78. The highest BCUT2D eigenvalue weighted by Gasteiger charge is 2.37. The molecule has 3 nitrogen and oxygen atoms in total. The van der Waals surface area contributed by atoms with E-state index in [4.69, 9.17) is 5.73 Å². The van der Waals surface area contributed by atoms with Gasteiger partial charge in [0.25, 0.3) is 0 Å². The molecule has 3 rings (SSSR count). The number of rotatable bonds is 2. The molecule has 2 unspecified atom stereocenters. The Bertz CT molecular complexity index is 466. The molecule has 0 spiro atoms. The number of benzene rings is 1. The van der Waals surface area contributed by atoms with Crippen LogP contribution in [0.1, 0.15) is 42.7 Å². The van der Waals surface area contributed by atoms with Crippen molar-refractivity contribution < 1.29 is 4.79 Å². The molecule has 2 atom stereocenters. The summed E-state index contributed by atoms with van der Waals surface area (Å²) in [4.78, 5) is 14.5. The second-order valence-electron chi connectivity index (χ2n) is 5.78. The Labute approximate surface area is 114 Å². The fraction of sp³-hybridized carbons (Fsp3) is 0.562. The summed E-state index contributed by atoms with van der Waals surface area (Å²) in [6, 6.07) is 8.61. The first-order chi connectivity index (χ1) is 9.27. The molecule has 19 heavy (non-hydrogen) atoms. The zero-order valence-corrected chi connectivity index (χ0v) is 11.3. The number of hydrogen-bond acceptors (Lipinski definition) is 2. The summed E-state index contributed by atoms with van der Waals surface area (Å²) in [5.41, 5.74) is 8.18. The second kappa shape index (κ2) is 5.33. The van der Waals surface area contributed by atoms with Gasteiger partial charge in [0.15, 0.2) is 0 Å². The van der Waals surface area contributed by atoms with Crippen LogP contribution in [0.3, 0.4) is 0 Å². The van der Waals surface area contributed by atoms with Crippen molar-refractivity contribution in [1.29, 1.82) is 0 Å². The highest BCUT2D eigenvalue weighted by molar-refractivity contribution is 5.83. The molecule has 1 amide bonds. The standard InChI is InChI=1S/C16H22N2O/c17-16(19)15-13-7-3-2-6-12(13)8-9-14(15)18-10-4-1-5-11-18/h2-3,6-7,14-15H,1,4-5,8-11H2,(H2,17,19). The van der Waals surface area contributed by atoms with E-state index in [2.05, 4.69) is 23.1 Å². The summed E-state index contributed by atoms with van der Waals surface area (Å²) in [5.74, 6) is -0.286. The van der Waals surface area contributed by atoms with Crippen LogP contribution in [0, 0.1) is 0 Å². The molecule has 3 heteroatoms. The van der Waals surface area contributed by atoms with Gasteiger partial charge in [-0.25, -0.2) is 0 Å². The maximum Gasteiger partial charge on any atom is 0.226 e. The molecule has 102 valence electrons. The van der Waals surface area contributed by atoms with Crippen LogP contribution in [-0.2, 0) is 11.2 Å². The van der Waals surface area contributed by atoms with Crippen LogP contribution in [0.5, 0.6) is 0 Å². The van der Waals surface area contributed by atoms with Gasteiger partial charge in [-0.2, -0.15) is 0 Å². The first kappa shape index (κ1) is 12.7. The molecule has 1 heterocycles. The number of carbonyl (C=O) groups is 1. The summed E-state index contributed by atoms with van der Waals surface area (Å²) in [6.07, 6.45) is 5.96. The highest BCUT2D eigenvalue weighted by atomic mass is 16.1.